The summed E-state index contributed by atoms with van der Waals surface area (Å²) >= 11 is 7.23. The lowest BCUT2D eigenvalue weighted by atomic mass is 10.2. The lowest BCUT2D eigenvalue weighted by molar-refractivity contribution is -0.124. The minimum atomic E-state index is -0.0996. The van der Waals surface area contributed by atoms with E-state index in [0.717, 1.165) is 17.0 Å². The van der Waals surface area contributed by atoms with Crippen molar-refractivity contribution in [3.8, 4) is 5.75 Å². The highest BCUT2D eigenvalue weighted by Crippen LogP contribution is 2.25. The molecule has 0 aliphatic carbocycles. The number of hydrogen-bond acceptors (Lipinski definition) is 5. The van der Waals surface area contributed by atoms with Gasteiger partial charge < -0.3 is 4.74 Å². The van der Waals surface area contributed by atoms with E-state index in [1.807, 2.05) is 24.3 Å². The number of ether oxygens (including phenoxy) is 1. The number of hydrogen-bond donors (Lipinski definition) is 0. The van der Waals surface area contributed by atoms with Crippen LogP contribution in [0.15, 0.2) is 58.6 Å². The number of aliphatic imine (C=N–C) groups is 1. The number of amides is 1. The molecule has 5 nitrogen and oxygen atoms in total. The second-order valence-corrected chi connectivity index (χ2v) is 6.26. The number of thioether (sulfide) groups is 1. The molecule has 122 valence electrons. The molecule has 2 aromatic carbocycles. The topological polar surface area (TPSA) is 54.3 Å². The summed E-state index contributed by atoms with van der Waals surface area (Å²) in [6, 6.07) is 14.5. The Kier molecular flexibility index (Phi) is 5.17. The van der Waals surface area contributed by atoms with Crippen molar-refractivity contribution in [2.75, 3.05) is 12.9 Å². The number of halogens is 1. The summed E-state index contributed by atoms with van der Waals surface area (Å²) in [7, 11) is 1.61. The van der Waals surface area contributed by atoms with Gasteiger partial charge in [0.15, 0.2) is 5.17 Å². The van der Waals surface area contributed by atoms with E-state index < -0.39 is 0 Å². The molecule has 0 atom stereocenters. The molecule has 3 rings (SSSR count). The molecule has 1 heterocycles. The zero-order chi connectivity index (χ0) is 16.9. The van der Waals surface area contributed by atoms with Crippen molar-refractivity contribution >= 4 is 46.3 Å². The third-order valence-corrected chi connectivity index (χ3v) is 4.40. The van der Waals surface area contributed by atoms with Gasteiger partial charge in [0.1, 0.15) is 5.75 Å². The first-order valence-corrected chi connectivity index (χ1v) is 8.50. The minimum Gasteiger partial charge on any atom is -0.497 e. The highest BCUT2D eigenvalue weighted by molar-refractivity contribution is 8.15. The van der Waals surface area contributed by atoms with Crippen LogP contribution in [0, 0.1) is 0 Å². The molecule has 0 unspecified atom stereocenters. The summed E-state index contributed by atoms with van der Waals surface area (Å²) in [6.07, 6.45) is 1.63. The Labute approximate surface area is 149 Å². The van der Waals surface area contributed by atoms with Gasteiger partial charge in [0.2, 0.25) is 0 Å². The van der Waals surface area contributed by atoms with Crippen molar-refractivity contribution < 1.29 is 9.53 Å². The maximum absolute atomic E-state index is 12.0. The van der Waals surface area contributed by atoms with E-state index >= 15 is 0 Å². The fourth-order valence-electron chi connectivity index (χ4n) is 1.99. The van der Waals surface area contributed by atoms with Gasteiger partial charge in [0.05, 0.1) is 24.8 Å². The predicted octanol–water partition coefficient (Wildman–Crippen LogP) is 3.95. The van der Waals surface area contributed by atoms with Crippen LogP contribution in [0.5, 0.6) is 5.75 Å². The maximum Gasteiger partial charge on any atom is 0.259 e. The molecule has 2 aromatic rings. The SMILES string of the molecule is COc1ccc(/C=N/N2C(=O)CSC2=Nc2ccc(Cl)cc2)cc1. The molecule has 1 fully saturated rings. The largest absolute Gasteiger partial charge is 0.497 e. The first kappa shape index (κ1) is 16.5. The van der Waals surface area contributed by atoms with E-state index in [-0.39, 0.29) is 5.91 Å². The van der Waals surface area contributed by atoms with E-state index in [1.165, 1.54) is 16.8 Å². The smallest absolute Gasteiger partial charge is 0.259 e. The Morgan fingerprint density at radius 2 is 1.88 bits per heavy atom. The van der Waals surface area contributed by atoms with Crippen LogP contribution in [-0.2, 0) is 4.79 Å². The van der Waals surface area contributed by atoms with Crippen LogP contribution in [0.25, 0.3) is 0 Å². The maximum atomic E-state index is 12.0. The summed E-state index contributed by atoms with van der Waals surface area (Å²) in [6.45, 7) is 0. The fourth-order valence-corrected chi connectivity index (χ4v) is 2.93. The molecule has 1 aliphatic rings. The monoisotopic (exact) mass is 359 g/mol. The third kappa shape index (κ3) is 3.96. The van der Waals surface area contributed by atoms with Crippen molar-refractivity contribution in [3.05, 3.63) is 59.1 Å². The van der Waals surface area contributed by atoms with Gasteiger partial charge in [-0.05, 0) is 54.1 Å². The molecule has 0 radical (unpaired) electrons. The number of carbonyl (C=O) groups excluding carboxylic acids is 1. The first-order valence-electron chi connectivity index (χ1n) is 7.14. The number of nitrogens with zero attached hydrogens (tertiary/aromatic N) is 3. The van der Waals surface area contributed by atoms with Crippen LogP contribution in [0.4, 0.5) is 5.69 Å². The summed E-state index contributed by atoms with van der Waals surface area (Å²) in [4.78, 5) is 16.5. The fraction of sp³-hybridized carbons (Fsp3) is 0.118. The van der Waals surface area contributed by atoms with Crippen molar-refractivity contribution in [2.24, 2.45) is 10.1 Å². The second-order valence-electron chi connectivity index (χ2n) is 4.88. The summed E-state index contributed by atoms with van der Waals surface area (Å²) in [5.74, 6) is 0.995. The van der Waals surface area contributed by atoms with Crippen LogP contribution in [0.1, 0.15) is 5.56 Å². The molecule has 1 aliphatic heterocycles. The molecular weight excluding hydrogens is 346 g/mol. The number of amidine groups is 1. The molecule has 0 bridgehead atoms. The van der Waals surface area contributed by atoms with Crippen LogP contribution in [0.3, 0.4) is 0 Å². The van der Waals surface area contributed by atoms with E-state index in [2.05, 4.69) is 10.1 Å². The summed E-state index contributed by atoms with van der Waals surface area (Å²) in [5, 5.41) is 6.78. The van der Waals surface area contributed by atoms with Gasteiger partial charge in [0.25, 0.3) is 5.91 Å². The standard InChI is InChI=1S/C17H14ClN3O2S/c1-23-15-8-2-12(3-9-15)10-19-21-16(22)11-24-17(21)20-14-6-4-13(18)5-7-14/h2-10H,11H2,1H3/b19-10+,20-17?. The quantitative estimate of drug-likeness (QED) is 0.777. The minimum absolute atomic E-state index is 0.0996. The van der Waals surface area contributed by atoms with Gasteiger partial charge in [-0.15, -0.1) is 0 Å². The highest BCUT2D eigenvalue weighted by Gasteiger charge is 2.28. The van der Waals surface area contributed by atoms with Crippen LogP contribution in [-0.4, -0.2) is 35.2 Å². The Morgan fingerprint density at radius 3 is 2.54 bits per heavy atom. The number of rotatable bonds is 4. The Bertz CT molecular complexity index is 788. The molecule has 0 saturated carbocycles. The van der Waals surface area contributed by atoms with Gasteiger partial charge in [-0.1, -0.05) is 23.4 Å². The van der Waals surface area contributed by atoms with E-state index in [1.54, 1.807) is 37.6 Å². The first-order chi connectivity index (χ1) is 11.7. The van der Waals surface area contributed by atoms with Gasteiger partial charge in [-0.3, -0.25) is 4.79 Å². The summed E-state index contributed by atoms with van der Waals surface area (Å²) < 4.78 is 5.12. The van der Waals surface area contributed by atoms with E-state index in [4.69, 9.17) is 16.3 Å². The van der Waals surface area contributed by atoms with Crippen molar-refractivity contribution in [2.45, 2.75) is 0 Å². The van der Waals surface area contributed by atoms with E-state index in [0.29, 0.717) is 15.9 Å². The normalized spacial score (nSPS) is 16.3. The van der Waals surface area contributed by atoms with Gasteiger partial charge in [0, 0.05) is 5.02 Å². The molecule has 0 aromatic heterocycles. The average molecular weight is 360 g/mol. The predicted molar refractivity (Wildman–Crippen MR) is 98.4 cm³/mol. The molecule has 0 spiro atoms. The third-order valence-electron chi connectivity index (χ3n) is 3.23. The number of benzene rings is 2. The van der Waals surface area contributed by atoms with Gasteiger partial charge >= 0.3 is 0 Å². The molecular formula is C17H14ClN3O2S. The Hall–Kier alpha value is -2.31. The second kappa shape index (κ2) is 7.51. The molecule has 24 heavy (non-hydrogen) atoms. The highest BCUT2D eigenvalue weighted by atomic mass is 35.5. The zero-order valence-corrected chi connectivity index (χ0v) is 14.4. The molecule has 7 heteroatoms. The van der Waals surface area contributed by atoms with E-state index in [9.17, 15) is 4.79 Å². The van der Waals surface area contributed by atoms with Crippen molar-refractivity contribution in [3.63, 3.8) is 0 Å². The lowest BCUT2D eigenvalue weighted by Gasteiger charge is -2.09. The average Bonchev–Trinajstić information content (AvgIpc) is 2.95. The van der Waals surface area contributed by atoms with Crippen LogP contribution >= 0.6 is 23.4 Å². The van der Waals surface area contributed by atoms with Gasteiger partial charge in [-0.2, -0.15) is 10.1 Å². The number of hydrazone groups is 1. The summed E-state index contributed by atoms with van der Waals surface area (Å²) in [5.41, 5.74) is 1.59. The van der Waals surface area contributed by atoms with Crippen LogP contribution < -0.4 is 4.74 Å². The Balaban J connectivity index is 1.79. The van der Waals surface area contributed by atoms with Crippen molar-refractivity contribution in [1.29, 1.82) is 0 Å². The lowest BCUT2D eigenvalue weighted by Crippen LogP contribution is -2.23. The molecule has 0 N–H and O–H groups in total. The Morgan fingerprint density at radius 1 is 1.17 bits per heavy atom. The van der Waals surface area contributed by atoms with Gasteiger partial charge in [-0.25, -0.2) is 4.99 Å². The van der Waals surface area contributed by atoms with Crippen molar-refractivity contribution in [1.82, 2.24) is 5.01 Å². The number of methoxy groups -OCH3 is 1. The molecule has 1 amide bonds. The number of carbonyl (C=O) groups is 1. The van der Waals surface area contributed by atoms with Crippen LogP contribution in [0.2, 0.25) is 5.02 Å². The zero-order valence-electron chi connectivity index (χ0n) is 12.8. The molecule has 1 saturated heterocycles.